The molecule has 0 aliphatic carbocycles. The molecule has 0 spiro atoms. The van der Waals surface area contributed by atoms with E-state index in [0.29, 0.717) is 6.04 Å². The molecule has 1 aliphatic heterocycles. The Balaban J connectivity index is 0.00000108. The summed E-state index contributed by atoms with van der Waals surface area (Å²) in [4.78, 5) is 2.28. The van der Waals surface area contributed by atoms with Gasteiger partial charge in [0, 0.05) is 25.7 Å². The first-order valence-corrected chi connectivity index (χ1v) is 5.48. The highest BCUT2D eigenvalue weighted by molar-refractivity contribution is 5.85. The number of aromatic nitrogens is 4. The number of fused-ring (bicyclic) bond motifs is 1. The second-order valence-corrected chi connectivity index (χ2v) is 4.13. The molecule has 0 aromatic carbocycles. The van der Waals surface area contributed by atoms with Gasteiger partial charge in [0.05, 0.1) is 0 Å². The summed E-state index contributed by atoms with van der Waals surface area (Å²) in [6, 6.07) is 4.46. The Hall–Kier alpha value is -1.40. The third-order valence-corrected chi connectivity index (χ3v) is 2.84. The summed E-state index contributed by atoms with van der Waals surface area (Å²) < 4.78 is 1.71. The van der Waals surface area contributed by atoms with Crippen LogP contribution >= 0.6 is 12.4 Å². The predicted octanol–water partition coefficient (Wildman–Crippen LogP) is 0.344. The van der Waals surface area contributed by atoms with Crippen molar-refractivity contribution >= 4 is 23.9 Å². The van der Waals surface area contributed by atoms with Crippen molar-refractivity contribution < 1.29 is 0 Å². The van der Waals surface area contributed by atoms with Crippen molar-refractivity contribution in [2.75, 3.05) is 24.5 Å². The highest BCUT2D eigenvalue weighted by atomic mass is 35.5. The minimum absolute atomic E-state index is 0. The molecule has 3 heterocycles. The summed E-state index contributed by atoms with van der Waals surface area (Å²) in [5, 5.41) is 15.7. The molecule has 0 bridgehead atoms. The fourth-order valence-corrected chi connectivity index (χ4v) is 2.03. The van der Waals surface area contributed by atoms with Crippen LogP contribution in [0.3, 0.4) is 0 Å². The fourth-order valence-electron chi connectivity index (χ4n) is 2.03. The summed E-state index contributed by atoms with van der Waals surface area (Å²) in [7, 11) is 0. The zero-order valence-electron chi connectivity index (χ0n) is 9.58. The van der Waals surface area contributed by atoms with Crippen LogP contribution in [0.15, 0.2) is 18.5 Å². The Labute approximate surface area is 105 Å². The van der Waals surface area contributed by atoms with Crippen molar-refractivity contribution in [3.05, 3.63) is 18.5 Å². The van der Waals surface area contributed by atoms with Gasteiger partial charge in [-0.05, 0) is 19.1 Å². The fraction of sp³-hybridized carbons (Fsp3) is 0.500. The molecule has 1 N–H and O–H groups in total. The van der Waals surface area contributed by atoms with Gasteiger partial charge in [0.2, 0.25) is 0 Å². The molecular formula is C10H15ClN6. The van der Waals surface area contributed by atoms with Gasteiger partial charge in [0.1, 0.15) is 12.1 Å². The molecule has 0 amide bonds. The van der Waals surface area contributed by atoms with Crippen molar-refractivity contribution in [1.29, 1.82) is 0 Å². The maximum absolute atomic E-state index is 4.48. The number of piperazine rings is 1. The second-order valence-electron chi connectivity index (χ2n) is 4.13. The van der Waals surface area contributed by atoms with Gasteiger partial charge in [-0.3, -0.25) is 0 Å². The molecule has 1 aliphatic rings. The number of nitrogens with zero attached hydrogens (tertiary/aromatic N) is 5. The van der Waals surface area contributed by atoms with Crippen molar-refractivity contribution in [1.82, 2.24) is 25.1 Å². The summed E-state index contributed by atoms with van der Waals surface area (Å²) in [6.07, 6.45) is 1.63. The smallest absolute Gasteiger partial charge is 0.177 e. The van der Waals surface area contributed by atoms with E-state index in [-0.39, 0.29) is 12.4 Å². The van der Waals surface area contributed by atoms with E-state index < -0.39 is 0 Å². The highest BCUT2D eigenvalue weighted by Crippen LogP contribution is 2.12. The van der Waals surface area contributed by atoms with Crippen LogP contribution in [0.4, 0.5) is 5.82 Å². The van der Waals surface area contributed by atoms with E-state index in [1.165, 1.54) is 0 Å². The largest absolute Gasteiger partial charge is 0.352 e. The molecular weight excluding hydrogens is 240 g/mol. The van der Waals surface area contributed by atoms with Crippen LogP contribution in [0, 0.1) is 0 Å². The first-order chi connectivity index (χ1) is 7.83. The lowest BCUT2D eigenvalue weighted by atomic mass is 10.2. The molecule has 0 radical (unpaired) electrons. The third kappa shape index (κ3) is 2.32. The second kappa shape index (κ2) is 4.85. The normalized spacial score (nSPS) is 20.3. The molecule has 3 rings (SSSR count). The molecule has 1 saturated heterocycles. The molecule has 17 heavy (non-hydrogen) atoms. The zero-order chi connectivity index (χ0) is 11.0. The van der Waals surface area contributed by atoms with Crippen LogP contribution < -0.4 is 10.2 Å². The summed E-state index contributed by atoms with van der Waals surface area (Å²) >= 11 is 0. The first-order valence-electron chi connectivity index (χ1n) is 5.48. The van der Waals surface area contributed by atoms with Gasteiger partial charge < -0.3 is 10.2 Å². The summed E-state index contributed by atoms with van der Waals surface area (Å²) in [5.41, 5.74) is 0.784. The minimum atomic E-state index is 0. The Bertz CT molecular complexity index is 498. The van der Waals surface area contributed by atoms with Crippen molar-refractivity contribution in [2.45, 2.75) is 13.0 Å². The van der Waals surface area contributed by atoms with Gasteiger partial charge in [-0.25, -0.2) is 0 Å². The number of hydrogen-bond acceptors (Lipinski definition) is 5. The Morgan fingerprint density at radius 3 is 3.12 bits per heavy atom. The van der Waals surface area contributed by atoms with E-state index >= 15 is 0 Å². The van der Waals surface area contributed by atoms with Crippen molar-refractivity contribution in [3.8, 4) is 0 Å². The molecule has 2 aromatic heterocycles. The number of rotatable bonds is 1. The Morgan fingerprint density at radius 1 is 1.41 bits per heavy atom. The molecule has 0 saturated carbocycles. The lowest BCUT2D eigenvalue weighted by molar-refractivity contribution is 0.481. The number of hydrogen-bond donors (Lipinski definition) is 1. The maximum Gasteiger partial charge on any atom is 0.177 e. The van der Waals surface area contributed by atoms with E-state index in [0.717, 1.165) is 31.1 Å². The summed E-state index contributed by atoms with van der Waals surface area (Å²) in [5.74, 6) is 0.987. The van der Waals surface area contributed by atoms with Crippen LogP contribution in [0.1, 0.15) is 6.92 Å². The van der Waals surface area contributed by atoms with Gasteiger partial charge >= 0.3 is 0 Å². The van der Waals surface area contributed by atoms with E-state index in [9.17, 15) is 0 Å². The number of anilines is 1. The zero-order valence-corrected chi connectivity index (χ0v) is 10.4. The average Bonchev–Trinajstić information content (AvgIpc) is 2.75. The molecule has 92 valence electrons. The maximum atomic E-state index is 4.48. The highest BCUT2D eigenvalue weighted by Gasteiger charge is 2.17. The molecule has 1 fully saturated rings. The van der Waals surface area contributed by atoms with Crippen LogP contribution in [0.25, 0.3) is 5.65 Å². The minimum Gasteiger partial charge on any atom is -0.352 e. The van der Waals surface area contributed by atoms with Gasteiger partial charge in [-0.15, -0.1) is 27.7 Å². The molecule has 1 unspecified atom stereocenters. The molecule has 1 atom stereocenters. The van der Waals surface area contributed by atoms with E-state index in [1.54, 1.807) is 10.8 Å². The Kier molecular flexibility index (Phi) is 3.44. The number of halogens is 1. The first kappa shape index (κ1) is 12.1. The topological polar surface area (TPSA) is 58.4 Å². The van der Waals surface area contributed by atoms with Crippen LogP contribution in [-0.2, 0) is 0 Å². The molecule has 6 nitrogen and oxygen atoms in total. The van der Waals surface area contributed by atoms with Crippen molar-refractivity contribution in [2.24, 2.45) is 0 Å². The quantitative estimate of drug-likeness (QED) is 0.796. The number of nitrogens with one attached hydrogen (secondary N) is 1. The van der Waals surface area contributed by atoms with Gasteiger partial charge in [0.15, 0.2) is 5.65 Å². The van der Waals surface area contributed by atoms with Gasteiger partial charge in [0.25, 0.3) is 0 Å². The van der Waals surface area contributed by atoms with Crippen LogP contribution in [0.5, 0.6) is 0 Å². The molecule has 7 heteroatoms. The van der Waals surface area contributed by atoms with Crippen LogP contribution in [-0.4, -0.2) is 45.5 Å². The predicted molar refractivity (Wildman–Crippen MR) is 67.7 cm³/mol. The third-order valence-electron chi connectivity index (χ3n) is 2.84. The summed E-state index contributed by atoms with van der Waals surface area (Å²) in [6.45, 7) is 5.16. The molecule has 2 aromatic rings. The van der Waals surface area contributed by atoms with Crippen molar-refractivity contribution in [3.63, 3.8) is 0 Å². The lowest BCUT2D eigenvalue weighted by Gasteiger charge is -2.32. The van der Waals surface area contributed by atoms with Crippen LogP contribution in [0.2, 0.25) is 0 Å². The van der Waals surface area contributed by atoms with E-state index in [1.807, 2.05) is 12.1 Å². The SMILES string of the molecule is CC1CN(c2ccc3nncn3n2)CCN1.Cl. The van der Waals surface area contributed by atoms with E-state index in [4.69, 9.17) is 0 Å². The van der Waals surface area contributed by atoms with Gasteiger partial charge in [-0.1, -0.05) is 0 Å². The van der Waals surface area contributed by atoms with E-state index in [2.05, 4.69) is 32.4 Å². The average molecular weight is 255 g/mol. The standard InChI is InChI=1S/C10H14N6.ClH/c1-8-6-15(5-4-11-8)10-3-2-9-13-12-7-16(9)14-10;/h2-3,7-8,11H,4-6H2,1H3;1H. The van der Waals surface area contributed by atoms with Gasteiger partial charge in [-0.2, -0.15) is 4.52 Å². The lowest BCUT2D eigenvalue weighted by Crippen LogP contribution is -2.49. The Morgan fingerprint density at radius 2 is 2.29 bits per heavy atom. The monoisotopic (exact) mass is 254 g/mol.